The molecule has 0 atom stereocenters. The summed E-state index contributed by atoms with van der Waals surface area (Å²) in [4.78, 5) is 22.3. The number of nitrogens with one attached hydrogen (secondary N) is 1. The fraction of sp³-hybridized carbons (Fsp3) is 0.154. The Balaban J connectivity index is 2.17. The molecule has 21 heavy (non-hydrogen) atoms. The zero-order valence-electron chi connectivity index (χ0n) is 11.2. The highest BCUT2D eigenvalue weighted by Crippen LogP contribution is 2.26. The number of nitro benzene ring substituents is 1. The lowest BCUT2D eigenvalue weighted by Gasteiger charge is -2.09. The van der Waals surface area contributed by atoms with Crippen molar-refractivity contribution >= 4 is 22.9 Å². The number of ether oxygens (including phenoxy) is 1. The first-order valence-electron chi connectivity index (χ1n) is 5.98. The summed E-state index contributed by atoms with van der Waals surface area (Å²) in [5.74, 6) is 5.13. The number of non-ortho nitro benzene ring substituents is 1. The van der Waals surface area contributed by atoms with E-state index in [9.17, 15) is 14.9 Å². The maximum absolute atomic E-state index is 11.5. The molecule has 0 bridgehead atoms. The molecule has 7 nitrogen and oxygen atoms in total. The van der Waals surface area contributed by atoms with Gasteiger partial charge in [-0.1, -0.05) is 0 Å². The van der Waals surface area contributed by atoms with Gasteiger partial charge in [-0.2, -0.15) is 0 Å². The van der Waals surface area contributed by atoms with Crippen molar-refractivity contribution in [2.75, 3.05) is 0 Å². The predicted molar refractivity (Wildman–Crippen MR) is 78.1 cm³/mol. The van der Waals surface area contributed by atoms with Gasteiger partial charge in [0.1, 0.15) is 12.4 Å². The van der Waals surface area contributed by atoms with Crippen LogP contribution in [0.1, 0.15) is 20.8 Å². The lowest BCUT2D eigenvalue weighted by molar-refractivity contribution is -0.385. The molecule has 2 rings (SSSR count). The number of thiophene rings is 1. The standard InChI is InChI=1S/C13H13N3O4S/c1-8-2-3-10(16(18)19)6-11(8)20-7-9-4-5-21-12(9)13(17)15-14/h2-6H,7,14H2,1H3,(H,15,17). The number of rotatable bonds is 5. The Kier molecular flexibility index (Phi) is 4.51. The predicted octanol–water partition coefficient (Wildman–Crippen LogP) is 2.15. The number of carbonyl (C=O) groups excluding carboxylic acids is 1. The van der Waals surface area contributed by atoms with Crippen molar-refractivity contribution in [3.8, 4) is 5.75 Å². The molecule has 1 heterocycles. The largest absolute Gasteiger partial charge is 0.488 e. The second kappa shape index (κ2) is 6.33. The van der Waals surface area contributed by atoms with Crippen LogP contribution in [0.5, 0.6) is 5.75 Å². The minimum atomic E-state index is -0.482. The molecule has 110 valence electrons. The first-order chi connectivity index (χ1) is 10.0. The number of nitrogens with two attached hydrogens (primary N) is 1. The van der Waals surface area contributed by atoms with Crippen molar-refractivity contribution in [2.24, 2.45) is 5.84 Å². The van der Waals surface area contributed by atoms with Gasteiger partial charge >= 0.3 is 0 Å². The molecule has 0 aliphatic carbocycles. The van der Waals surface area contributed by atoms with E-state index in [0.29, 0.717) is 16.2 Å². The highest BCUT2D eigenvalue weighted by molar-refractivity contribution is 7.12. The van der Waals surface area contributed by atoms with Crippen LogP contribution in [-0.2, 0) is 6.61 Å². The molecular weight excluding hydrogens is 294 g/mol. The third-order valence-corrected chi connectivity index (χ3v) is 3.81. The van der Waals surface area contributed by atoms with Crippen LogP contribution >= 0.6 is 11.3 Å². The summed E-state index contributed by atoms with van der Waals surface area (Å²) in [6.07, 6.45) is 0. The summed E-state index contributed by atoms with van der Waals surface area (Å²) >= 11 is 1.25. The molecule has 1 aromatic heterocycles. The van der Waals surface area contributed by atoms with Crippen molar-refractivity contribution in [1.82, 2.24) is 5.43 Å². The molecule has 0 unspecified atom stereocenters. The number of carbonyl (C=O) groups is 1. The van der Waals surface area contributed by atoms with Crippen LogP contribution in [0.2, 0.25) is 0 Å². The Morgan fingerprint density at radius 3 is 2.90 bits per heavy atom. The van der Waals surface area contributed by atoms with Gasteiger partial charge in [-0.15, -0.1) is 11.3 Å². The lowest BCUT2D eigenvalue weighted by atomic mass is 10.2. The smallest absolute Gasteiger partial charge is 0.275 e. The van der Waals surface area contributed by atoms with Crippen LogP contribution in [0.25, 0.3) is 0 Å². The summed E-state index contributed by atoms with van der Waals surface area (Å²) in [7, 11) is 0. The van der Waals surface area contributed by atoms with Gasteiger partial charge in [-0.25, -0.2) is 5.84 Å². The summed E-state index contributed by atoms with van der Waals surface area (Å²) in [5, 5.41) is 12.5. The van der Waals surface area contributed by atoms with E-state index in [4.69, 9.17) is 10.6 Å². The average Bonchev–Trinajstić information content (AvgIpc) is 2.93. The van der Waals surface area contributed by atoms with Crippen LogP contribution in [-0.4, -0.2) is 10.8 Å². The maximum Gasteiger partial charge on any atom is 0.275 e. The Morgan fingerprint density at radius 1 is 1.48 bits per heavy atom. The molecule has 0 saturated carbocycles. The molecule has 0 aliphatic rings. The van der Waals surface area contributed by atoms with Crippen molar-refractivity contribution < 1.29 is 14.5 Å². The van der Waals surface area contributed by atoms with Gasteiger partial charge in [-0.3, -0.25) is 20.3 Å². The SMILES string of the molecule is Cc1ccc([N+](=O)[O-])cc1OCc1ccsc1C(=O)NN. The second-order valence-corrected chi connectivity index (χ2v) is 5.16. The summed E-state index contributed by atoms with van der Waals surface area (Å²) < 4.78 is 5.59. The van der Waals surface area contributed by atoms with E-state index >= 15 is 0 Å². The molecule has 2 aromatic rings. The molecule has 0 aliphatic heterocycles. The normalized spacial score (nSPS) is 10.2. The summed E-state index contributed by atoms with van der Waals surface area (Å²) in [5.41, 5.74) is 3.48. The zero-order chi connectivity index (χ0) is 15.4. The van der Waals surface area contributed by atoms with Crippen LogP contribution in [0.4, 0.5) is 5.69 Å². The minimum Gasteiger partial charge on any atom is -0.488 e. The molecular formula is C13H13N3O4S. The second-order valence-electron chi connectivity index (χ2n) is 4.24. The number of hydrogen-bond acceptors (Lipinski definition) is 6. The van der Waals surface area contributed by atoms with Gasteiger partial charge in [0.05, 0.1) is 15.9 Å². The van der Waals surface area contributed by atoms with Crippen LogP contribution < -0.4 is 16.0 Å². The lowest BCUT2D eigenvalue weighted by Crippen LogP contribution is -2.30. The van der Waals surface area contributed by atoms with Crippen molar-refractivity contribution in [3.63, 3.8) is 0 Å². The molecule has 0 spiro atoms. The number of nitrogen functional groups attached to an aromatic ring is 1. The van der Waals surface area contributed by atoms with Gasteiger partial charge in [0.15, 0.2) is 0 Å². The molecule has 0 fully saturated rings. The van der Waals surface area contributed by atoms with E-state index in [-0.39, 0.29) is 18.2 Å². The Hall–Kier alpha value is -2.45. The third kappa shape index (κ3) is 3.36. The van der Waals surface area contributed by atoms with Gasteiger partial charge in [-0.05, 0) is 30.0 Å². The molecule has 0 radical (unpaired) electrons. The number of nitrogens with zero attached hydrogens (tertiary/aromatic N) is 1. The highest BCUT2D eigenvalue weighted by atomic mass is 32.1. The number of hydrogen-bond donors (Lipinski definition) is 2. The Morgan fingerprint density at radius 2 is 2.24 bits per heavy atom. The topological polar surface area (TPSA) is 107 Å². The van der Waals surface area contributed by atoms with E-state index in [1.54, 1.807) is 24.4 Å². The van der Waals surface area contributed by atoms with Gasteiger partial charge in [0.2, 0.25) is 0 Å². The quantitative estimate of drug-likeness (QED) is 0.381. The maximum atomic E-state index is 11.5. The fourth-order valence-electron chi connectivity index (χ4n) is 1.73. The van der Waals surface area contributed by atoms with E-state index in [0.717, 1.165) is 5.56 Å². The van der Waals surface area contributed by atoms with E-state index in [2.05, 4.69) is 5.43 Å². The third-order valence-electron chi connectivity index (χ3n) is 2.85. The Bertz CT molecular complexity index is 684. The van der Waals surface area contributed by atoms with E-state index < -0.39 is 4.92 Å². The monoisotopic (exact) mass is 307 g/mol. The van der Waals surface area contributed by atoms with E-state index in [1.165, 1.54) is 23.5 Å². The van der Waals surface area contributed by atoms with Crippen LogP contribution in [0.3, 0.4) is 0 Å². The number of hydrazine groups is 1. The average molecular weight is 307 g/mol. The first kappa shape index (κ1) is 14.9. The van der Waals surface area contributed by atoms with Gasteiger partial charge in [0, 0.05) is 11.6 Å². The zero-order valence-corrected chi connectivity index (χ0v) is 12.0. The van der Waals surface area contributed by atoms with Crippen LogP contribution in [0.15, 0.2) is 29.6 Å². The van der Waals surface area contributed by atoms with Crippen molar-refractivity contribution in [3.05, 3.63) is 55.8 Å². The molecule has 1 aromatic carbocycles. The van der Waals surface area contributed by atoms with E-state index in [1.807, 2.05) is 0 Å². The highest BCUT2D eigenvalue weighted by Gasteiger charge is 2.14. The summed E-state index contributed by atoms with van der Waals surface area (Å²) in [6.45, 7) is 1.93. The number of aryl methyl sites for hydroxylation is 1. The van der Waals surface area contributed by atoms with Gasteiger partial charge < -0.3 is 4.74 Å². The van der Waals surface area contributed by atoms with Gasteiger partial charge in [0.25, 0.3) is 11.6 Å². The Labute approximate surface area is 124 Å². The van der Waals surface area contributed by atoms with Crippen molar-refractivity contribution in [2.45, 2.75) is 13.5 Å². The molecule has 8 heteroatoms. The van der Waals surface area contributed by atoms with Crippen LogP contribution in [0, 0.1) is 17.0 Å². The number of amides is 1. The van der Waals surface area contributed by atoms with Crippen molar-refractivity contribution in [1.29, 1.82) is 0 Å². The molecule has 1 amide bonds. The molecule has 3 N–H and O–H groups in total. The summed E-state index contributed by atoms with van der Waals surface area (Å²) in [6, 6.07) is 6.15. The molecule has 0 saturated heterocycles. The fourth-order valence-corrected chi connectivity index (χ4v) is 2.54. The first-order valence-corrected chi connectivity index (χ1v) is 6.86. The number of benzene rings is 1. The minimum absolute atomic E-state index is 0.0409. The number of nitro groups is 1.